The number of hydrogen-bond acceptors (Lipinski definition) is 2. The van der Waals surface area contributed by atoms with Gasteiger partial charge in [-0.3, -0.25) is 19.1 Å². The minimum absolute atomic E-state index is 0.0104. The number of pyridine rings is 1. The SMILES string of the molecule is Cc1cc2c(c(=O)n1-c1ccccc1)C(c1ccccc1)CC(=O)N2c1ccccc1. The van der Waals surface area contributed by atoms with Crippen LogP contribution in [0.3, 0.4) is 0 Å². The molecule has 0 fully saturated rings. The maximum Gasteiger partial charge on any atom is 0.261 e. The van der Waals surface area contributed by atoms with Gasteiger partial charge in [0, 0.05) is 29.4 Å². The summed E-state index contributed by atoms with van der Waals surface area (Å²) in [5.74, 6) is -0.296. The lowest BCUT2D eigenvalue weighted by Crippen LogP contribution is -2.39. The first-order valence-corrected chi connectivity index (χ1v) is 10.4. The molecule has 1 aliphatic heterocycles. The molecule has 0 spiro atoms. The van der Waals surface area contributed by atoms with Crippen molar-refractivity contribution in [2.45, 2.75) is 19.3 Å². The van der Waals surface area contributed by atoms with Gasteiger partial charge in [0.15, 0.2) is 0 Å². The summed E-state index contributed by atoms with van der Waals surface area (Å²) in [6.07, 6.45) is 0.249. The molecular weight excluding hydrogens is 384 g/mol. The summed E-state index contributed by atoms with van der Waals surface area (Å²) >= 11 is 0. The van der Waals surface area contributed by atoms with E-state index in [4.69, 9.17) is 0 Å². The second kappa shape index (κ2) is 7.73. The van der Waals surface area contributed by atoms with Crippen molar-refractivity contribution in [2.75, 3.05) is 4.90 Å². The maximum atomic E-state index is 13.9. The van der Waals surface area contributed by atoms with Crippen LogP contribution in [0.15, 0.2) is 102 Å². The second-order valence-electron chi connectivity index (χ2n) is 7.79. The molecule has 0 N–H and O–H groups in total. The van der Waals surface area contributed by atoms with Crippen LogP contribution in [-0.4, -0.2) is 10.5 Å². The Kier molecular flexibility index (Phi) is 4.75. The molecule has 0 radical (unpaired) electrons. The molecular formula is C27H22N2O2. The fourth-order valence-electron chi connectivity index (χ4n) is 4.47. The lowest BCUT2D eigenvalue weighted by molar-refractivity contribution is -0.118. The van der Waals surface area contributed by atoms with Gasteiger partial charge in [0.05, 0.1) is 11.3 Å². The van der Waals surface area contributed by atoms with Crippen LogP contribution in [0, 0.1) is 6.92 Å². The van der Waals surface area contributed by atoms with Crippen LogP contribution >= 0.6 is 0 Å². The van der Waals surface area contributed by atoms with Gasteiger partial charge in [-0.15, -0.1) is 0 Å². The summed E-state index contributed by atoms with van der Waals surface area (Å²) in [4.78, 5) is 29.0. The van der Waals surface area contributed by atoms with E-state index < -0.39 is 0 Å². The predicted octanol–water partition coefficient (Wildman–Crippen LogP) is 5.35. The average molecular weight is 406 g/mol. The Morgan fingerprint density at radius 3 is 1.90 bits per heavy atom. The first kappa shape index (κ1) is 19.1. The number of anilines is 2. The Balaban J connectivity index is 1.80. The zero-order valence-electron chi connectivity index (χ0n) is 17.2. The van der Waals surface area contributed by atoms with Crippen molar-refractivity contribution >= 4 is 17.3 Å². The van der Waals surface area contributed by atoms with E-state index in [2.05, 4.69) is 0 Å². The van der Waals surface area contributed by atoms with Gasteiger partial charge in [-0.2, -0.15) is 0 Å². The van der Waals surface area contributed by atoms with E-state index in [1.165, 1.54) is 0 Å². The molecule has 1 amide bonds. The van der Waals surface area contributed by atoms with Gasteiger partial charge in [0.25, 0.3) is 5.56 Å². The summed E-state index contributed by atoms with van der Waals surface area (Å²) in [7, 11) is 0. The largest absolute Gasteiger partial charge is 0.281 e. The molecule has 0 bridgehead atoms. The van der Waals surface area contributed by atoms with Gasteiger partial charge in [0.1, 0.15) is 0 Å². The van der Waals surface area contributed by atoms with E-state index in [1.807, 2.05) is 104 Å². The lowest BCUT2D eigenvalue weighted by atomic mass is 9.84. The molecule has 5 rings (SSSR count). The summed E-state index contributed by atoms with van der Waals surface area (Å²) < 4.78 is 1.74. The number of nitrogens with zero attached hydrogens (tertiary/aromatic N) is 2. The smallest absolute Gasteiger partial charge is 0.261 e. The summed E-state index contributed by atoms with van der Waals surface area (Å²) in [6, 6.07) is 31.0. The van der Waals surface area contributed by atoms with Crippen LogP contribution in [-0.2, 0) is 4.79 Å². The molecule has 4 heteroatoms. The number of amides is 1. The standard InChI is InChI=1S/C27H22N2O2/c1-19-17-24-26(27(31)28(19)21-13-7-3-8-14-21)23(20-11-5-2-6-12-20)18-25(30)29(24)22-15-9-4-10-16-22/h2-17,23H,18H2,1H3. The molecule has 4 nitrogen and oxygen atoms in total. The average Bonchev–Trinajstić information content (AvgIpc) is 2.80. The van der Waals surface area contributed by atoms with Crippen LogP contribution in [0.25, 0.3) is 5.69 Å². The minimum Gasteiger partial charge on any atom is -0.281 e. The molecule has 4 aromatic rings. The van der Waals surface area contributed by atoms with Gasteiger partial charge in [0.2, 0.25) is 5.91 Å². The highest BCUT2D eigenvalue weighted by Crippen LogP contribution is 2.42. The third-order valence-corrected chi connectivity index (χ3v) is 5.86. The molecule has 0 saturated carbocycles. The fraction of sp³-hybridized carbons (Fsp3) is 0.111. The zero-order chi connectivity index (χ0) is 21.4. The number of rotatable bonds is 3. The predicted molar refractivity (Wildman–Crippen MR) is 123 cm³/mol. The van der Waals surface area contributed by atoms with Gasteiger partial charge >= 0.3 is 0 Å². The fourth-order valence-corrected chi connectivity index (χ4v) is 4.47. The third-order valence-electron chi connectivity index (χ3n) is 5.86. The van der Waals surface area contributed by atoms with Gasteiger partial charge in [-0.25, -0.2) is 0 Å². The molecule has 1 aliphatic rings. The number of carbonyl (C=O) groups excluding carboxylic acids is 1. The summed E-state index contributed by atoms with van der Waals surface area (Å²) in [6.45, 7) is 1.91. The number of hydrogen-bond donors (Lipinski definition) is 0. The van der Waals surface area contributed by atoms with Crippen molar-refractivity contribution in [3.63, 3.8) is 0 Å². The van der Waals surface area contributed by atoms with Crippen molar-refractivity contribution in [3.8, 4) is 5.69 Å². The van der Waals surface area contributed by atoms with Crippen LogP contribution in [0.4, 0.5) is 11.4 Å². The van der Waals surface area contributed by atoms with Gasteiger partial charge < -0.3 is 0 Å². The highest BCUT2D eigenvalue weighted by molar-refractivity contribution is 6.04. The summed E-state index contributed by atoms with van der Waals surface area (Å²) in [5, 5.41) is 0. The molecule has 0 saturated heterocycles. The van der Waals surface area contributed by atoms with E-state index in [-0.39, 0.29) is 23.8 Å². The van der Waals surface area contributed by atoms with Gasteiger partial charge in [-0.05, 0) is 42.8 Å². The van der Waals surface area contributed by atoms with Crippen molar-refractivity contribution in [1.29, 1.82) is 0 Å². The topological polar surface area (TPSA) is 42.3 Å². The minimum atomic E-state index is -0.285. The number of para-hydroxylation sites is 2. The molecule has 1 unspecified atom stereocenters. The highest BCUT2D eigenvalue weighted by Gasteiger charge is 2.36. The van der Waals surface area contributed by atoms with Crippen molar-refractivity contribution < 1.29 is 4.79 Å². The maximum absolute atomic E-state index is 13.9. The molecule has 152 valence electrons. The van der Waals surface area contributed by atoms with E-state index in [1.54, 1.807) is 9.47 Å². The van der Waals surface area contributed by atoms with Crippen LogP contribution < -0.4 is 10.5 Å². The monoisotopic (exact) mass is 406 g/mol. The molecule has 1 atom stereocenters. The molecule has 3 aromatic carbocycles. The molecule has 31 heavy (non-hydrogen) atoms. The molecule has 1 aromatic heterocycles. The quantitative estimate of drug-likeness (QED) is 0.460. The highest BCUT2D eigenvalue weighted by atomic mass is 16.2. The van der Waals surface area contributed by atoms with Crippen molar-refractivity contribution in [3.05, 3.63) is 124 Å². The Labute approximate surface area is 181 Å². The first-order valence-electron chi connectivity index (χ1n) is 10.4. The van der Waals surface area contributed by atoms with Gasteiger partial charge in [-0.1, -0.05) is 66.7 Å². The number of benzene rings is 3. The van der Waals surface area contributed by atoms with Crippen LogP contribution in [0.5, 0.6) is 0 Å². The second-order valence-corrected chi connectivity index (χ2v) is 7.79. The van der Waals surface area contributed by atoms with Crippen LogP contribution in [0.2, 0.25) is 0 Å². The molecule has 2 heterocycles. The van der Waals surface area contributed by atoms with Crippen LogP contribution in [0.1, 0.15) is 29.2 Å². The van der Waals surface area contributed by atoms with E-state index in [0.29, 0.717) is 11.3 Å². The summed E-state index contributed by atoms with van der Waals surface area (Å²) in [5.41, 5.74) is 4.61. The Morgan fingerprint density at radius 1 is 0.742 bits per heavy atom. The number of aryl methyl sites for hydroxylation is 1. The number of fused-ring (bicyclic) bond motifs is 1. The third kappa shape index (κ3) is 3.26. The lowest BCUT2D eigenvalue weighted by Gasteiger charge is -2.35. The first-order chi connectivity index (χ1) is 15.1. The van der Waals surface area contributed by atoms with E-state index in [0.717, 1.165) is 22.6 Å². The Hall–Kier alpha value is -3.92. The van der Waals surface area contributed by atoms with E-state index >= 15 is 0 Å². The zero-order valence-corrected chi connectivity index (χ0v) is 17.2. The number of aromatic nitrogens is 1. The van der Waals surface area contributed by atoms with E-state index in [9.17, 15) is 9.59 Å². The molecule has 0 aliphatic carbocycles. The normalized spacial score (nSPS) is 15.6. The van der Waals surface area contributed by atoms with Crippen molar-refractivity contribution in [1.82, 2.24) is 4.57 Å². The Bertz CT molecular complexity index is 1300. The van der Waals surface area contributed by atoms with Crippen molar-refractivity contribution in [2.24, 2.45) is 0 Å². The number of carbonyl (C=O) groups is 1. The Morgan fingerprint density at radius 2 is 1.29 bits per heavy atom.